The van der Waals surface area contributed by atoms with Gasteiger partial charge >= 0.3 is 0 Å². The SMILES string of the molecule is Cl.O=C(NCc1nnc2ccccn12)c1ccn(C2CCCNC2)n1. The predicted octanol–water partition coefficient (Wildman–Crippen LogP) is 1.20. The zero-order valence-corrected chi connectivity index (χ0v) is 14.4. The number of pyridine rings is 1. The summed E-state index contributed by atoms with van der Waals surface area (Å²) in [4.78, 5) is 12.3. The summed E-state index contributed by atoms with van der Waals surface area (Å²) < 4.78 is 3.74. The molecule has 9 heteroatoms. The van der Waals surface area contributed by atoms with Gasteiger partial charge in [0.1, 0.15) is 5.69 Å². The van der Waals surface area contributed by atoms with Crippen molar-refractivity contribution < 1.29 is 4.79 Å². The fraction of sp³-hybridized carbons (Fsp3) is 0.375. The van der Waals surface area contributed by atoms with Gasteiger partial charge in [-0.3, -0.25) is 13.9 Å². The molecule has 8 nitrogen and oxygen atoms in total. The Bertz CT molecular complexity index is 853. The Balaban J connectivity index is 0.00000182. The van der Waals surface area contributed by atoms with E-state index in [1.165, 1.54) is 0 Å². The molecule has 1 unspecified atom stereocenters. The first-order chi connectivity index (χ1) is 11.8. The van der Waals surface area contributed by atoms with Crippen molar-refractivity contribution in [2.45, 2.75) is 25.4 Å². The molecule has 1 aliphatic heterocycles. The normalized spacial score (nSPS) is 17.2. The maximum atomic E-state index is 12.3. The van der Waals surface area contributed by atoms with Crippen molar-refractivity contribution in [3.63, 3.8) is 0 Å². The molecule has 4 rings (SSSR count). The maximum absolute atomic E-state index is 12.3. The van der Waals surface area contributed by atoms with Crippen LogP contribution in [-0.4, -0.2) is 43.4 Å². The summed E-state index contributed by atoms with van der Waals surface area (Å²) in [5.41, 5.74) is 1.19. The van der Waals surface area contributed by atoms with Gasteiger partial charge in [-0.1, -0.05) is 6.07 Å². The first-order valence-corrected chi connectivity index (χ1v) is 8.14. The van der Waals surface area contributed by atoms with E-state index >= 15 is 0 Å². The van der Waals surface area contributed by atoms with E-state index in [0.29, 0.717) is 24.1 Å². The molecule has 4 heterocycles. The Kier molecular flexibility index (Phi) is 5.30. The monoisotopic (exact) mass is 361 g/mol. The Morgan fingerprint density at radius 1 is 1.28 bits per heavy atom. The van der Waals surface area contributed by atoms with Crippen LogP contribution >= 0.6 is 12.4 Å². The smallest absolute Gasteiger partial charge is 0.272 e. The number of carbonyl (C=O) groups excluding carboxylic acids is 1. The van der Waals surface area contributed by atoms with Crippen molar-refractivity contribution in [1.29, 1.82) is 0 Å². The van der Waals surface area contributed by atoms with Crippen molar-refractivity contribution in [3.8, 4) is 0 Å². The van der Waals surface area contributed by atoms with E-state index in [1.54, 1.807) is 6.07 Å². The number of rotatable bonds is 4. The van der Waals surface area contributed by atoms with Crippen LogP contribution in [-0.2, 0) is 6.54 Å². The van der Waals surface area contributed by atoms with Crippen LogP contribution in [0.2, 0.25) is 0 Å². The number of aromatic nitrogens is 5. The van der Waals surface area contributed by atoms with E-state index in [1.807, 2.05) is 39.7 Å². The number of hydrogen-bond acceptors (Lipinski definition) is 5. The largest absolute Gasteiger partial charge is 0.343 e. The summed E-state index contributed by atoms with van der Waals surface area (Å²) in [5, 5.41) is 18.8. The van der Waals surface area contributed by atoms with Gasteiger partial charge in [0.2, 0.25) is 0 Å². The van der Waals surface area contributed by atoms with Crippen molar-refractivity contribution in [3.05, 3.63) is 48.2 Å². The molecule has 1 atom stereocenters. The molecule has 0 aliphatic carbocycles. The summed E-state index contributed by atoms with van der Waals surface area (Å²) in [6.45, 7) is 2.26. The molecule has 0 radical (unpaired) electrons. The first kappa shape index (κ1) is 17.4. The van der Waals surface area contributed by atoms with E-state index in [4.69, 9.17) is 0 Å². The van der Waals surface area contributed by atoms with E-state index in [2.05, 4.69) is 25.9 Å². The van der Waals surface area contributed by atoms with Gasteiger partial charge in [-0.25, -0.2) is 0 Å². The third-order valence-corrected chi connectivity index (χ3v) is 4.28. The molecule has 25 heavy (non-hydrogen) atoms. The second-order valence-electron chi connectivity index (χ2n) is 5.91. The zero-order chi connectivity index (χ0) is 16.4. The molecule has 0 saturated carbocycles. The van der Waals surface area contributed by atoms with Gasteiger partial charge in [-0.2, -0.15) is 5.10 Å². The maximum Gasteiger partial charge on any atom is 0.272 e. The second-order valence-corrected chi connectivity index (χ2v) is 5.91. The van der Waals surface area contributed by atoms with Gasteiger partial charge in [0.05, 0.1) is 12.6 Å². The summed E-state index contributed by atoms with van der Waals surface area (Å²) in [6.07, 6.45) is 5.97. The van der Waals surface area contributed by atoms with Gasteiger partial charge in [-0.05, 0) is 37.6 Å². The number of nitrogens with zero attached hydrogens (tertiary/aromatic N) is 5. The molecule has 0 bridgehead atoms. The standard InChI is InChI=1S/C16H19N7O.ClH/c24-16(13-6-9-23(21-13)12-4-3-7-17-10-12)18-11-15-20-19-14-5-1-2-8-22(14)15;/h1-2,5-6,8-9,12,17H,3-4,7,10-11H2,(H,18,24);1H. The van der Waals surface area contributed by atoms with Crippen LogP contribution in [0.1, 0.15) is 35.2 Å². The number of nitrogens with one attached hydrogen (secondary N) is 2. The Morgan fingerprint density at radius 2 is 2.20 bits per heavy atom. The van der Waals surface area contributed by atoms with Gasteiger partial charge in [-0.15, -0.1) is 22.6 Å². The lowest BCUT2D eigenvalue weighted by molar-refractivity contribution is 0.0943. The lowest BCUT2D eigenvalue weighted by Crippen LogP contribution is -2.32. The van der Waals surface area contributed by atoms with Crippen molar-refractivity contribution >= 4 is 24.0 Å². The summed E-state index contributed by atoms with van der Waals surface area (Å²) in [6, 6.07) is 7.76. The zero-order valence-electron chi connectivity index (χ0n) is 13.6. The number of fused-ring (bicyclic) bond motifs is 1. The topological polar surface area (TPSA) is 89.1 Å². The fourth-order valence-corrected chi connectivity index (χ4v) is 2.98. The summed E-state index contributed by atoms with van der Waals surface area (Å²) in [7, 11) is 0. The molecule has 3 aromatic rings. The fourth-order valence-electron chi connectivity index (χ4n) is 2.98. The average Bonchev–Trinajstić information content (AvgIpc) is 3.28. The quantitative estimate of drug-likeness (QED) is 0.729. The van der Waals surface area contributed by atoms with Crippen LogP contribution in [0.5, 0.6) is 0 Å². The van der Waals surface area contributed by atoms with Crippen LogP contribution in [0.25, 0.3) is 5.65 Å². The third-order valence-electron chi connectivity index (χ3n) is 4.28. The molecule has 3 aromatic heterocycles. The minimum atomic E-state index is -0.204. The van der Waals surface area contributed by atoms with E-state index in [-0.39, 0.29) is 18.3 Å². The van der Waals surface area contributed by atoms with Gasteiger partial charge in [0, 0.05) is 18.9 Å². The number of hydrogen-bond donors (Lipinski definition) is 2. The summed E-state index contributed by atoms with van der Waals surface area (Å²) >= 11 is 0. The predicted molar refractivity (Wildman–Crippen MR) is 94.8 cm³/mol. The number of piperidine rings is 1. The van der Waals surface area contributed by atoms with E-state index < -0.39 is 0 Å². The van der Waals surface area contributed by atoms with Crippen LogP contribution < -0.4 is 10.6 Å². The van der Waals surface area contributed by atoms with E-state index in [9.17, 15) is 4.79 Å². The third kappa shape index (κ3) is 3.64. The highest BCUT2D eigenvalue weighted by molar-refractivity contribution is 5.92. The Morgan fingerprint density at radius 3 is 3.04 bits per heavy atom. The second kappa shape index (κ2) is 7.62. The highest BCUT2D eigenvalue weighted by atomic mass is 35.5. The minimum Gasteiger partial charge on any atom is -0.343 e. The van der Waals surface area contributed by atoms with Crippen LogP contribution in [0, 0.1) is 0 Å². The van der Waals surface area contributed by atoms with Gasteiger partial charge in [0.15, 0.2) is 11.5 Å². The highest BCUT2D eigenvalue weighted by Crippen LogP contribution is 2.15. The van der Waals surface area contributed by atoms with Gasteiger partial charge < -0.3 is 10.6 Å². The number of halogens is 1. The van der Waals surface area contributed by atoms with Crippen LogP contribution in [0.4, 0.5) is 0 Å². The summed E-state index contributed by atoms with van der Waals surface area (Å²) in [5.74, 6) is 0.486. The first-order valence-electron chi connectivity index (χ1n) is 8.14. The van der Waals surface area contributed by atoms with Gasteiger partial charge in [0.25, 0.3) is 5.91 Å². The Labute approximate surface area is 151 Å². The van der Waals surface area contributed by atoms with E-state index in [0.717, 1.165) is 31.6 Å². The van der Waals surface area contributed by atoms with Crippen molar-refractivity contribution in [2.24, 2.45) is 0 Å². The molecule has 1 saturated heterocycles. The lowest BCUT2D eigenvalue weighted by Gasteiger charge is -2.22. The highest BCUT2D eigenvalue weighted by Gasteiger charge is 2.18. The molecular weight excluding hydrogens is 342 g/mol. The molecule has 0 spiro atoms. The number of carbonyl (C=O) groups is 1. The molecule has 132 valence electrons. The molecule has 2 N–H and O–H groups in total. The molecular formula is C16H20ClN7O. The van der Waals surface area contributed by atoms with Crippen molar-refractivity contribution in [1.82, 2.24) is 35.0 Å². The lowest BCUT2D eigenvalue weighted by atomic mass is 10.1. The van der Waals surface area contributed by atoms with Crippen molar-refractivity contribution in [2.75, 3.05) is 13.1 Å². The average molecular weight is 362 g/mol. The van der Waals surface area contributed by atoms with Crippen LogP contribution in [0.3, 0.4) is 0 Å². The molecule has 1 fully saturated rings. The number of amides is 1. The minimum absolute atomic E-state index is 0. The van der Waals surface area contributed by atoms with Crippen LogP contribution in [0.15, 0.2) is 36.7 Å². The molecule has 0 aromatic carbocycles. The Hall–Kier alpha value is -2.45. The molecule has 1 amide bonds. The molecule has 1 aliphatic rings.